The van der Waals surface area contributed by atoms with Crippen LogP contribution in [0, 0.1) is 5.82 Å². The molecule has 3 nitrogen and oxygen atoms in total. The first-order valence-corrected chi connectivity index (χ1v) is 5.85. The first-order chi connectivity index (χ1) is 8.24. The van der Waals surface area contributed by atoms with Gasteiger partial charge in [-0.25, -0.2) is 4.39 Å². The molecule has 0 aliphatic heterocycles. The summed E-state index contributed by atoms with van der Waals surface area (Å²) in [6.07, 6.45) is 2.24. The molecule has 17 heavy (non-hydrogen) atoms. The second-order valence-electron chi connectivity index (χ2n) is 3.87. The molecule has 0 saturated carbocycles. The van der Waals surface area contributed by atoms with Crippen molar-refractivity contribution < 1.29 is 14.3 Å². The highest BCUT2D eigenvalue weighted by molar-refractivity contribution is 5.75. The molecule has 0 aromatic heterocycles. The molecule has 0 aliphatic carbocycles. The van der Waals surface area contributed by atoms with Gasteiger partial charge >= 0.3 is 0 Å². The minimum Gasteiger partial charge on any atom is -0.396 e. The Bertz CT molecular complexity index is 355. The molecule has 94 valence electrons. The van der Waals surface area contributed by atoms with Crippen molar-refractivity contribution in [2.24, 2.45) is 0 Å². The van der Waals surface area contributed by atoms with Crippen LogP contribution in [0.4, 0.5) is 4.39 Å². The Kier molecular flexibility index (Phi) is 6.25. The fourth-order valence-corrected chi connectivity index (χ4v) is 1.52. The number of carbonyl (C=O) groups is 1. The van der Waals surface area contributed by atoms with Crippen LogP contribution < -0.4 is 5.32 Å². The van der Waals surface area contributed by atoms with E-state index in [4.69, 9.17) is 5.11 Å². The predicted octanol–water partition coefficient (Wildman–Crippen LogP) is 1.65. The summed E-state index contributed by atoms with van der Waals surface area (Å²) in [4.78, 5) is 11.3. The largest absolute Gasteiger partial charge is 0.396 e. The SMILES string of the molecule is O=C(CCCCO)NCCc1ccccc1F. The summed E-state index contributed by atoms with van der Waals surface area (Å²) in [6, 6.07) is 6.56. The Morgan fingerprint density at radius 3 is 2.76 bits per heavy atom. The number of hydrogen-bond donors (Lipinski definition) is 2. The normalized spacial score (nSPS) is 10.2. The second-order valence-corrected chi connectivity index (χ2v) is 3.87. The molecule has 0 fully saturated rings. The number of aliphatic hydroxyl groups excluding tert-OH is 1. The van der Waals surface area contributed by atoms with Gasteiger partial charge in [-0.2, -0.15) is 0 Å². The van der Waals surface area contributed by atoms with Gasteiger partial charge in [-0.05, 0) is 30.9 Å². The number of unbranched alkanes of at least 4 members (excludes halogenated alkanes) is 1. The van der Waals surface area contributed by atoms with E-state index in [-0.39, 0.29) is 18.3 Å². The minimum atomic E-state index is -0.234. The zero-order chi connectivity index (χ0) is 12.5. The molecule has 4 heteroatoms. The molecular formula is C13H18FNO2. The maximum absolute atomic E-state index is 13.2. The van der Waals surface area contributed by atoms with Crippen LogP contribution in [0.25, 0.3) is 0 Å². The van der Waals surface area contributed by atoms with E-state index in [9.17, 15) is 9.18 Å². The highest BCUT2D eigenvalue weighted by Gasteiger charge is 2.03. The molecule has 1 amide bonds. The van der Waals surface area contributed by atoms with Gasteiger partial charge in [0.05, 0.1) is 0 Å². The number of halogens is 1. The minimum absolute atomic E-state index is 0.0465. The number of amides is 1. The number of carbonyl (C=O) groups excluding carboxylic acids is 1. The highest BCUT2D eigenvalue weighted by atomic mass is 19.1. The summed E-state index contributed by atoms with van der Waals surface area (Å²) in [7, 11) is 0. The monoisotopic (exact) mass is 239 g/mol. The van der Waals surface area contributed by atoms with E-state index in [0.717, 1.165) is 0 Å². The molecule has 1 aromatic rings. The van der Waals surface area contributed by atoms with Crippen LogP contribution in [0.1, 0.15) is 24.8 Å². The molecule has 0 saturated heterocycles. The van der Waals surface area contributed by atoms with Crippen LogP contribution in [0.3, 0.4) is 0 Å². The summed E-state index contributed by atoms with van der Waals surface area (Å²) in [6.45, 7) is 0.557. The molecule has 2 N–H and O–H groups in total. The zero-order valence-corrected chi connectivity index (χ0v) is 9.79. The van der Waals surface area contributed by atoms with Crippen molar-refractivity contribution in [1.29, 1.82) is 0 Å². The average molecular weight is 239 g/mol. The third-order valence-electron chi connectivity index (χ3n) is 2.49. The van der Waals surface area contributed by atoms with E-state index in [1.54, 1.807) is 18.2 Å². The second kappa shape index (κ2) is 7.79. The van der Waals surface area contributed by atoms with Gasteiger partial charge < -0.3 is 10.4 Å². The van der Waals surface area contributed by atoms with E-state index in [1.165, 1.54) is 6.07 Å². The van der Waals surface area contributed by atoms with Gasteiger partial charge in [-0.3, -0.25) is 4.79 Å². The van der Waals surface area contributed by atoms with Crippen molar-refractivity contribution in [3.63, 3.8) is 0 Å². The number of benzene rings is 1. The quantitative estimate of drug-likeness (QED) is 0.711. The topological polar surface area (TPSA) is 49.3 Å². The van der Waals surface area contributed by atoms with E-state index < -0.39 is 0 Å². The standard InChI is InChI=1S/C13H18FNO2/c14-12-6-2-1-5-11(12)8-9-15-13(17)7-3-4-10-16/h1-2,5-6,16H,3-4,7-10H2,(H,15,17). The third kappa shape index (κ3) is 5.45. The molecule has 1 aromatic carbocycles. The van der Waals surface area contributed by atoms with Crippen molar-refractivity contribution in [1.82, 2.24) is 5.32 Å². The molecule has 0 aliphatic rings. The van der Waals surface area contributed by atoms with Crippen LogP contribution in [0.2, 0.25) is 0 Å². The number of rotatable bonds is 7. The van der Waals surface area contributed by atoms with Crippen LogP contribution in [0.5, 0.6) is 0 Å². The first kappa shape index (κ1) is 13.6. The fraction of sp³-hybridized carbons (Fsp3) is 0.462. The number of nitrogens with one attached hydrogen (secondary N) is 1. The van der Waals surface area contributed by atoms with Crippen molar-refractivity contribution in [2.75, 3.05) is 13.2 Å². The summed E-state index contributed by atoms with van der Waals surface area (Å²) < 4.78 is 13.2. The lowest BCUT2D eigenvalue weighted by atomic mass is 10.1. The molecule has 0 unspecified atom stereocenters. The average Bonchev–Trinajstić information content (AvgIpc) is 2.32. The number of hydrogen-bond acceptors (Lipinski definition) is 2. The molecule has 1 rings (SSSR count). The molecule has 0 atom stereocenters. The van der Waals surface area contributed by atoms with E-state index in [1.807, 2.05) is 0 Å². The maximum Gasteiger partial charge on any atom is 0.220 e. The Balaban J connectivity index is 2.19. The van der Waals surface area contributed by atoms with Gasteiger partial charge in [-0.15, -0.1) is 0 Å². The Hall–Kier alpha value is -1.42. The van der Waals surface area contributed by atoms with Crippen LogP contribution >= 0.6 is 0 Å². The van der Waals surface area contributed by atoms with Gasteiger partial charge in [0.25, 0.3) is 0 Å². The van der Waals surface area contributed by atoms with Crippen LogP contribution in [-0.2, 0) is 11.2 Å². The molecule has 0 spiro atoms. The summed E-state index contributed by atoms with van der Waals surface area (Å²) in [5.74, 6) is -0.281. The van der Waals surface area contributed by atoms with Crippen LogP contribution in [-0.4, -0.2) is 24.2 Å². The number of aliphatic hydroxyl groups is 1. The molecular weight excluding hydrogens is 221 g/mol. The lowest BCUT2D eigenvalue weighted by molar-refractivity contribution is -0.121. The molecule has 0 heterocycles. The predicted molar refractivity (Wildman–Crippen MR) is 64.1 cm³/mol. The van der Waals surface area contributed by atoms with Gasteiger partial charge in [0, 0.05) is 19.6 Å². The van der Waals surface area contributed by atoms with E-state index in [0.29, 0.717) is 37.8 Å². The van der Waals surface area contributed by atoms with E-state index in [2.05, 4.69) is 5.32 Å². The summed E-state index contributed by atoms with van der Waals surface area (Å²) in [5.41, 5.74) is 0.614. The highest BCUT2D eigenvalue weighted by Crippen LogP contribution is 2.06. The fourth-order valence-electron chi connectivity index (χ4n) is 1.52. The zero-order valence-electron chi connectivity index (χ0n) is 9.79. The van der Waals surface area contributed by atoms with Crippen molar-refractivity contribution >= 4 is 5.91 Å². The first-order valence-electron chi connectivity index (χ1n) is 5.85. The Labute approximate surface area is 101 Å². The lowest BCUT2D eigenvalue weighted by Gasteiger charge is -2.05. The van der Waals surface area contributed by atoms with Crippen LogP contribution in [0.15, 0.2) is 24.3 Å². The van der Waals surface area contributed by atoms with Gasteiger partial charge in [-0.1, -0.05) is 18.2 Å². The smallest absolute Gasteiger partial charge is 0.220 e. The van der Waals surface area contributed by atoms with Gasteiger partial charge in [0.15, 0.2) is 0 Å². The van der Waals surface area contributed by atoms with Crippen molar-refractivity contribution in [3.8, 4) is 0 Å². The summed E-state index contributed by atoms with van der Waals surface area (Å²) >= 11 is 0. The maximum atomic E-state index is 13.2. The Morgan fingerprint density at radius 2 is 2.06 bits per heavy atom. The van der Waals surface area contributed by atoms with Gasteiger partial charge in [0.2, 0.25) is 5.91 Å². The third-order valence-corrected chi connectivity index (χ3v) is 2.49. The van der Waals surface area contributed by atoms with E-state index >= 15 is 0 Å². The Morgan fingerprint density at radius 1 is 1.29 bits per heavy atom. The summed E-state index contributed by atoms with van der Waals surface area (Å²) in [5, 5.41) is 11.3. The lowest BCUT2D eigenvalue weighted by Crippen LogP contribution is -2.25. The molecule has 0 bridgehead atoms. The van der Waals surface area contributed by atoms with Gasteiger partial charge in [0.1, 0.15) is 5.82 Å². The van der Waals surface area contributed by atoms with Crippen molar-refractivity contribution in [2.45, 2.75) is 25.7 Å². The molecule has 0 radical (unpaired) electrons. The van der Waals surface area contributed by atoms with Crippen molar-refractivity contribution in [3.05, 3.63) is 35.6 Å².